The molecule has 4 nitrogen and oxygen atoms in total. The maximum absolute atomic E-state index is 5.93. The summed E-state index contributed by atoms with van der Waals surface area (Å²) in [6.45, 7) is 2.23. The summed E-state index contributed by atoms with van der Waals surface area (Å²) in [5, 5.41) is 0. The number of fused-ring (bicyclic) bond motifs is 1. The van der Waals surface area contributed by atoms with Gasteiger partial charge in [-0.1, -0.05) is 12.1 Å². The van der Waals surface area contributed by atoms with Gasteiger partial charge in [-0.2, -0.15) is 4.57 Å². The predicted octanol–water partition coefficient (Wildman–Crippen LogP) is 3.08. The van der Waals surface area contributed by atoms with Crippen LogP contribution in [0.1, 0.15) is 12.3 Å². The number of rotatable bonds is 5. The van der Waals surface area contributed by atoms with Crippen LogP contribution in [-0.4, -0.2) is 43.6 Å². The highest BCUT2D eigenvalue weighted by molar-refractivity contribution is 5.70. The quantitative estimate of drug-likeness (QED) is 0.622. The Bertz CT molecular complexity index is 790. The highest BCUT2D eigenvalue weighted by atomic mass is 16.3. The van der Waals surface area contributed by atoms with Gasteiger partial charge in [0, 0.05) is 31.4 Å². The summed E-state index contributed by atoms with van der Waals surface area (Å²) < 4.78 is 9.02. The molecular weight excluding hydrogens is 298 g/mol. The minimum absolute atomic E-state index is 0.860. The molecule has 1 aromatic heterocycles. The Hall–Kier alpha value is -2.33. The Balaban J connectivity index is 1.67. The second kappa shape index (κ2) is 6.65. The van der Waals surface area contributed by atoms with Crippen LogP contribution in [0.4, 0.5) is 0 Å². The molecular formula is C20H27N3O+2. The van der Waals surface area contributed by atoms with E-state index in [2.05, 4.69) is 67.3 Å². The first kappa shape index (κ1) is 16.5. The van der Waals surface area contributed by atoms with E-state index in [9.17, 15) is 0 Å². The Labute approximate surface area is 144 Å². The second-order valence-electron chi connectivity index (χ2n) is 7.35. The van der Waals surface area contributed by atoms with E-state index in [1.807, 2.05) is 25.2 Å². The summed E-state index contributed by atoms with van der Waals surface area (Å²) in [4.78, 5) is 2.24. The van der Waals surface area contributed by atoms with Gasteiger partial charge in [-0.15, -0.1) is 0 Å². The van der Waals surface area contributed by atoms with Crippen molar-refractivity contribution in [2.75, 3.05) is 34.2 Å². The van der Waals surface area contributed by atoms with Crippen molar-refractivity contribution in [1.29, 1.82) is 0 Å². The second-order valence-corrected chi connectivity index (χ2v) is 7.35. The Morgan fingerprint density at radius 1 is 1.12 bits per heavy atom. The van der Waals surface area contributed by atoms with Gasteiger partial charge in [-0.3, -0.25) is 0 Å². The summed E-state index contributed by atoms with van der Waals surface area (Å²) in [6.07, 6.45) is 11.8. The fourth-order valence-electron chi connectivity index (χ4n) is 2.83. The van der Waals surface area contributed by atoms with Gasteiger partial charge in [-0.25, -0.2) is 0 Å². The van der Waals surface area contributed by atoms with Crippen molar-refractivity contribution < 1.29 is 13.5 Å². The zero-order chi connectivity index (χ0) is 17.2. The standard InChI is InChI=1S/C20H27N3O/c1-21-18-8-5-6-9-19(18)24-20(21)16-17-10-13-22(14-11-17)12-7-15-23(2,3)4/h5-6,8-11,13-14,16H,7,12,15H2,1-4H3/q+2. The summed E-state index contributed by atoms with van der Waals surface area (Å²) in [5.41, 5.74) is 3.17. The molecule has 0 amide bonds. The normalized spacial score (nSPS) is 14.7. The van der Waals surface area contributed by atoms with Crippen molar-refractivity contribution in [1.82, 2.24) is 4.90 Å². The molecule has 0 unspecified atom stereocenters. The van der Waals surface area contributed by atoms with E-state index in [4.69, 9.17) is 4.42 Å². The third-order valence-electron chi connectivity index (χ3n) is 4.22. The lowest BCUT2D eigenvalue weighted by atomic mass is 10.2. The number of aromatic nitrogens is 1. The van der Waals surface area contributed by atoms with Crippen LogP contribution < -0.4 is 4.57 Å². The molecule has 1 aliphatic rings. The maximum Gasteiger partial charge on any atom is 0.374 e. The third-order valence-corrected chi connectivity index (χ3v) is 4.22. The van der Waals surface area contributed by atoms with Crippen LogP contribution in [0, 0.1) is 0 Å². The molecule has 0 saturated carbocycles. The van der Waals surface area contributed by atoms with Gasteiger partial charge < -0.3 is 13.8 Å². The number of hydrogen-bond acceptors (Lipinski definition) is 2. The van der Waals surface area contributed by atoms with Crippen LogP contribution in [0.2, 0.25) is 0 Å². The van der Waals surface area contributed by atoms with Gasteiger partial charge >= 0.3 is 5.89 Å². The van der Waals surface area contributed by atoms with Crippen LogP contribution in [-0.2, 0) is 7.05 Å². The molecule has 0 fully saturated rings. The number of para-hydroxylation sites is 2. The Kier molecular flexibility index (Phi) is 4.58. The lowest BCUT2D eigenvalue weighted by Gasteiger charge is -2.25. The van der Waals surface area contributed by atoms with Gasteiger partial charge in [0.2, 0.25) is 5.58 Å². The van der Waals surface area contributed by atoms with Crippen molar-refractivity contribution >= 4 is 17.2 Å². The largest absolute Gasteiger partial charge is 0.398 e. The number of allylic oxidation sites excluding steroid dienone is 3. The fraction of sp³-hybridized carbons (Fsp3) is 0.350. The number of benzene rings is 1. The predicted molar refractivity (Wildman–Crippen MR) is 97.9 cm³/mol. The molecule has 0 radical (unpaired) electrons. The van der Waals surface area contributed by atoms with Crippen LogP contribution >= 0.6 is 0 Å². The zero-order valence-corrected chi connectivity index (χ0v) is 15.1. The summed E-state index contributed by atoms with van der Waals surface area (Å²) >= 11 is 0. The van der Waals surface area contributed by atoms with E-state index in [-0.39, 0.29) is 0 Å². The molecule has 2 aromatic rings. The summed E-state index contributed by atoms with van der Waals surface area (Å²) in [6, 6.07) is 8.10. The number of hydrogen-bond donors (Lipinski definition) is 0. The third kappa shape index (κ3) is 3.95. The average molecular weight is 325 g/mol. The van der Waals surface area contributed by atoms with E-state index in [1.165, 1.54) is 13.0 Å². The Morgan fingerprint density at radius 3 is 2.50 bits per heavy atom. The number of nitrogens with zero attached hydrogens (tertiary/aromatic N) is 3. The molecule has 2 heterocycles. The fourth-order valence-corrected chi connectivity index (χ4v) is 2.83. The highest BCUT2D eigenvalue weighted by Crippen LogP contribution is 2.17. The molecule has 1 aromatic carbocycles. The zero-order valence-electron chi connectivity index (χ0n) is 15.1. The van der Waals surface area contributed by atoms with Crippen LogP contribution in [0.15, 0.2) is 58.8 Å². The average Bonchev–Trinajstić information content (AvgIpc) is 2.85. The first-order valence-corrected chi connectivity index (χ1v) is 8.44. The van der Waals surface area contributed by atoms with Crippen molar-refractivity contribution in [2.45, 2.75) is 6.42 Å². The van der Waals surface area contributed by atoms with Crippen molar-refractivity contribution in [2.24, 2.45) is 7.05 Å². The number of quaternary nitrogens is 1. The molecule has 0 spiro atoms. The van der Waals surface area contributed by atoms with E-state index in [0.717, 1.165) is 33.6 Å². The van der Waals surface area contributed by atoms with E-state index < -0.39 is 0 Å². The SMILES string of the molecule is C[n+]1c(C=C2C=CN(CCC[N+](C)(C)C)C=C2)oc2ccccc21. The van der Waals surface area contributed by atoms with Crippen molar-refractivity contribution in [3.63, 3.8) is 0 Å². The number of aryl methyl sites for hydroxylation is 1. The maximum atomic E-state index is 5.93. The summed E-state index contributed by atoms with van der Waals surface area (Å²) in [7, 11) is 8.73. The molecule has 0 N–H and O–H groups in total. The molecule has 0 atom stereocenters. The number of oxazole rings is 1. The highest BCUT2D eigenvalue weighted by Gasteiger charge is 2.16. The van der Waals surface area contributed by atoms with Crippen LogP contribution in [0.5, 0.6) is 0 Å². The van der Waals surface area contributed by atoms with Crippen LogP contribution in [0.3, 0.4) is 0 Å². The first-order chi connectivity index (χ1) is 11.4. The molecule has 126 valence electrons. The van der Waals surface area contributed by atoms with E-state index >= 15 is 0 Å². The minimum atomic E-state index is 0.860. The van der Waals surface area contributed by atoms with Crippen molar-refractivity contribution in [3.8, 4) is 0 Å². The molecule has 3 rings (SSSR count). The smallest absolute Gasteiger partial charge is 0.374 e. The molecule has 24 heavy (non-hydrogen) atoms. The lowest BCUT2D eigenvalue weighted by molar-refractivity contribution is -0.870. The molecule has 4 heteroatoms. The van der Waals surface area contributed by atoms with E-state index in [1.54, 1.807) is 0 Å². The van der Waals surface area contributed by atoms with Crippen LogP contribution in [0.25, 0.3) is 17.2 Å². The first-order valence-electron chi connectivity index (χ1n) is 8.44. The van der Waals surface area contributed by atoms with Gasteiger partial charge in [-0.05, 0) is 23.8 Å². The summed E-state index contributed by atoms with van der Waals surface area (Å²) in [5.74, 6) is 0.860. The minimum Gasteiger partial charge on any atom is -0.398 e. The lowest BCUT2D eigenvalue weighted by Crippen LogP contribution is -2.36. The van der Waals surface area contributed by atoms with Crippen molar-refractivity contribution in [3.05, 3.63) is 60.3 Å². The monoisotopic (exact) mass is 325 g/mol. The topological polar surface area (TPSA) is 20.3 Å². The van der Waals surface area contributed by atoms with Gasteiger partial charge in [0.25, 0.3) is 5.52 Å². The molecule has 1 aliphatic heterocycles. The Morgan fingerprint density at radius 2 is 1.83 bits per heavy atom. The molecule has 0 saturated heterocycles. The van der Waals surface area contributed by atoms with Gasteiger partial charge in [0.05, 0.1) is 33.8 Å². The van der Waals surface area contributed by atoms with Gasteiger partial charge in [0.1, 0.15) is 7.05 Å². The van der Waals surface area contributed by atoms with Gasteiger partial charge in [0.15, 0.2) is 0 Å². The molecule has 0 bridgehead atoms. The molecule has 0 aliphatic carbocycles. The van der Waals surface area contributed by atoms with E-state index in [0.29, 0.717) is 0 Å².